The van der Waals surface area contributed by atoms with Crippen molar-refractivity contribution in [3.8, 4) is 0 Å². The predicted molar refractivity (Wildman–Crippen MR) is 59.5 cm³/mol. The van der Waals surface area contributed by atoms with Crippen molar-refractivity contribution in [1.82, 2.24) is 9.97 Å². The van der Waals surface area contributed by atoms with Crippen molar-refractivity contribution < 1.29 is 13.9 Å². The third-order valence-electron chi connectivity index (χ3n) is 2.16. The Balaban J connectivity index is 2.99. The SMILES string of the molecule is CCc1nc(N(CCO)CC(F)F)cc(=O)[nH]1. The zero-order chi connectivity index (χ0) is 12.8. The molecule has 17 heavy (non-hydrogen) atoms. The summed E-state index contributed by atoms with van der Waals surface area (Å²) in [6.07, 6.45) is -2.04. The van der Waals surface area contributed by atoms with Gasteiger partial charge in [-0.25, -0.2) is 13.8 Å². The van der Waals surface area contributed by atoms with Crippen LogP contribution in [0.3, 0.4) is 0 Å². The molecule has 1 aromatic rings. The molecule has 0 saturated heterocycles. The lowest BCUT2D eigenvalue weighted by Crippen LogP contribution is -2.33. The van der Waals surface area contributed by atoms with E-state index in [1.165, 1.54) is 4.90 Å². The van der Waals surface area contributed by atoms with E-state index in [-0.39, 0.29) is 24.5 Å². The fourth-order valence-electron chi connectivity index (χ4n) is 1.41. The van der Waals surface area contributed by atoms with E-state index in [0.29, 0.717) is 12.2 Å². The van der Waals surface area contributed by atoms with Crippen LogP contribution < -0.4 is 10.5 Å². The van der Waals surface area contributed by atoms with Crippen molar-refractivity contribution in [2.24, 2.45) is 0 Å². The maximum Gasteiger partial charge on any atom is 0.255 e. The van der Waals surface area contributed by atoms with Crippen molar-refractivity contribution in [3.05, 3.63) is 22.2 Å². The van der Waals surface area contributed by atoms with Gasteiger partial charge in [0.25, 0.3) is 12.0 Å². The highest BCUT2D eigenvalue weighted by Gasteiger charge is 2.14. The van der Waals surface area contributed by atoms with Crippen LogP contribution in [0.2, 0.25) is 0 Å². The molecular formula is C10H15F2N3O2. The molecule has 0 atom stereocenters. The van der Waals surface area contributed by atoms with Crippen LogP contribution in [0.15, 0.2) is 10.9 Å². The molecule has 0 spiro atoms. The number of hydrogen-bond acceptors (Lipinski definition) is 4. The first-order valence-electron chi connectivity index (χ1n) is 5.31. The summed E-state index contributed by atoms with van der Waals surface area (Å²) in [5.74, 6) is 0.602. The van der Waals surface area contributed by atoms with E-state index in [0.717, 1.165) is 6.07 Å². The molecule has 0 unspecified atom stereocenters. The molecule has 0 aliphatic heterocycles. The fraction of sp³-hybridized carbons (Fsp3) is 0.600. The topological polar surface area (TPSA) is 69.2 Å². The molecule has 5 nitrogen and oxygen atoms in total. The van der Waals surface area contributed by atoms with Gasteiger partial charge in [0.2, 0.25) is 0 Å². The minimum Gasteiger partial charge on any atom is -0.395 e. The molecule has 2 N–H and O–H groups in total. The van der Waals surface area contributed by atoms with E-state index < -0.39 is 13.0 Å². The molecule has 0 amide bonds. The van der Waals surface area contributed by atoms with Crippen LogP contribution in [0.1, 0.15) is 12.7 Å². The summed E-state index contributed by atoms with van der Waals surface area (Å²) >= 11 is 0. The first-order valence-corrected chi connectivity index (χ1v) is 5.31. The number of aliphatic hydroxyl groups excluding tert-OH is 1. The van der Waals surface area contributed by atoms with E-state index in [9.17, 15) is 13.6 Å². The van der Waals surface area contributed by atoms with Gasteiger partial charge in [0.05, 0.1) is 13.2 Å². The van der Waals surface area contributed by atoms with Crippen LogP contribution in [0.25, 0.3) is 0 Å². The number of aromatic nitrogens is 2. The lowest BCUT2D eigenvalue weighted by atomic mass is 10.4. The predicted octanol–water partition coefficient (Wildman–Crippen LogP) is 0.396. The lowest BCUT2D eigenvalue weighted by molar-refractivity contribution is 0.152. The summed E-state index contributed by atoms with van der Waals surface area (Å²) in [7, 11) is 0. The van der Waals surface area contributed by atoms with Gasteiger partial charge in [-0.2, -0.15) is 0 Å². The largest absolute Gasteiger partial charge is 0.395 e. The van der Waals surface area contributed by atoms with Gasteiger partial charge in [0.1, 0.15) is 11.6 Å². The number of halogens is 2. The molecular weight excluding hydrogens is 232 g/mol. The van der Waals surface area contributed by atoms with Gasteiger partial charge in [0, 0.05) is 19.0 Å². The average molecular weight is 247 g/mol. The van der Waals surface area contributed by atoms with Crippen molar-refractivity contribution in [1.29, 1.82) is 0 Å². The van der Waals surface area contributed by atoms with Crippen molar-refractivity contribution in [3.63, 3.8) is 0 Å². The molecule has 1 rings (SSSR count). The van der Waals surface area contributed by atoms with Gasteiger partial charge < -0.3 is 15.0 Å². The zero-order valence-corrected chi connectivity index (χ0v) is 9.49. The van der Waals surface area contributed by atoms with Gasteiger partial charge in [-0.1, -0.05) is 6.92 Å². The van der Waals surface area contributed by atoms with Crippen molar-refractivity contribution in [2.45, 2.75) is 19.8 Å². The third-order valence-corrected chi connectivity index (χ3v) is 2.16. The van der Waals surface area contributed by atoms with E-state index in [4.69, 9.17) is 5.11 Å². The van der Waals surface area contributed by atoms with Crippen molar-refractivity contribution >= 4 is 5.82 Å². The lowest BCUT2D eigenvalue weighted by Gasteiger charge is -2.22. The van der Waals surface area contributed by atoms with Gasteiger partial charge in [0.15, 0.2) is 0 Å². The Morgan fingerprint density at radius 2 is 2.29 bits per heavy atom. The highest BCUT2D eigenvalue weighted by Crippen LogP contribution is 2.10. The highest BCUT2D eigenvalue weighted by atomic mass is 19.3. The molecule has 96 valence electrons. The number of aryl methyl sites for hydroxylation is 1. The first-order chi connectivity index (χ1) is 8.06. The number of alkyl halides is 2. The Kier molecular flexibility index (Phi) is 5.02. The standard InChI is InChI=1S/C10H15F2N3O2/c1-2-8-13-9(5-10(17)14-8)15(3-4-16)6-7(11)12/h5,7,16H,2-4,6H2,1H3,(H,13,14,17). The number of anilines is 1. The summed E-state index contributed by atoms with van der Waals surface area (Å²) in [4.78, 5) is 19.0. The number of nitrogens with one attached hydrogen (secondary N) is 1. The molecule has 0 aromatic carbocycles. The average Bonchev–Trinajstić information content (AvgIpc) is 2.27. The van der Waals surface area contributed by atoms with Crippen LogP contribution in [0, 0.1) is 0 Å². The Labute approximate surface area is 97.1 Å². The highest BCUT2D eigenvalue weighted by molar-refractivity contribution is 5.37. The number of hydrogen-bond donors (Lipinski definition) is 2. The Hall–Kier alpha value is -1.50. The van der Waals surface area contributed by atoms with Crippen molar-refractivity contribution in [2.75, 3.05) is 24.6 Å². The summed E-state index contributed by atoms with van der Waals surface area (Å²) in [6.45, 7) is 0.984. The fourth-order valence-corrected chi connectivity index (χ4v) is 1.41. The van der Waals surface area contributed by atoms with Crippen LogP contribution >= 0.6 is 0 Å². The Morgan fingerprint density at radius 1 is 1.59 bits per heavy atom. The second kappa shape index (κ2) is 6.29. The maximum absolute atomic E-state index is 12.3. The van der Waals surface area contributed by atoms with Crippen LogP contribution in [0.4, 0.5) is 14.6 Å². The normalized spacial score (nSPS) is 10.9. The summed E-state index contributed by atoms with van der Waals surface area (Å²) in [5, 5.41) is 8.81. The minimum absolute atomic E-state index is 0.0178. The number of aromatic amines is 1. The summed E-state index contributed by atoms with van der Waals surface area (Å²) < 4.78 is 24.7. The molecule has 1 heterocycles. The van der Waals surface area contributed by atoms with Crippen LogP contribution in [0.5, 0.6) is 0 Å². The molecule has 0 radical (unpaired) electrons. The first kappa shape index (κ1) is 13.6. The molecule has 0 saturated carbocycles. The number of nitrogens with zero attached hydrogens (tertiary/aromatic N) is 2. The minimum atomic E-state index is -2.55. The molecule has 0 fully saturated rings. The molecule has 0 aliphatic carbocycles. The van der Waals surface area contributed by atoms with E-state index >= 15 is 0 Å². The number of aliphatic hydroxyl groups is 1. The number of rotatable bonds is 6. The monoisotopic (exact) mass is 247 g/mol. The molecule has 0 aliphatic rings. The second-order valence-electron chi connectivity index (χ2n) is 3.46. The van der Waals surface area contributed by atoms with E-state index in [1.807, 2.05) is 0 Å². The third kappa shape index (κ3) is 4.10. The Morgan fingerprint density at radius 3 is 2.82 bits per heavy atom. The van der Waals surface area contributed by atoms with Gasteiger partial charge in [-0.3, -0.25) is 4.79 Å². The molecule has 0 bridgehead atoms. The number of H-pyrrole nitrogens is 1. The summed E-state index contributed by atoms with van der Waals surface area (Å²) in [6, 6.07) is 1.15. The molecule has 1 aromatic heterocycles. The zero-order valence-electron chi connectivity index (χ0n) is 9.49. The van der Waals surface area contributed by atoms with Gasteiger partial charge in [-0.05, 0) is 0 Å². The van der Waals surface area contributed by atoms with Crippen LogP contribution in [-0.2, 0) is 6.42 Å². The van der Waals surface area contributed by atoms with E-state index in [1.54, 1.807) is 6.92 Å². The smallest absolute Gasteiger partial charge is 0.255 e. The maximum atomic E-state index is 12.3. The molecule has 7 heteroatoms. The second-order valence-corrected chi connectivity index (χ2v) is 3.46. The summed E-state index contributed by atoms with van der Waals surface area (Å²) in [5.41, 5.74) is -0.385. The van der Waals surface area contributed by atoms with Gasteiger partial charge in [-0.15, -0.1) is 0 Å². The van der Waals surface area contributed by atoms with E-state index in [2.05, 4.69) is 9.97 Å². The van der Waals surface area contributed by atoms with Crippen LogP contribution in [-0.4, -0.2) is 41.2 Å². The van der Waals surface area contributed by atoms with Gasteiger partial charge >= 0.3 is 0 Å². The Bertz CT molecular complexity index is 409. The quantitative estimate of drug-likeness (QED) is 0.763.